The second-order valence-corrected chi connectivity index (χ2v) is 5.00. The van der Waals surface area contributed by atoms with Gasteiger partial charge in [-0.2, -0.15) is 24.4 Å². The lowest BCUT2D eigenvalue weighted by molar-refractivity contribution is -0.139. The summed E-state index contributed by atoms with van der Waals surface area (Å²) in [7, 11) is 0. The van der Waals surface area contributed by atoms with E-state index in [2.05, 4.69) is 17.9 Å². The Labute approximate surface area is 117 Å². The number of rotatable bonds is 8. The van der Waals surface area contributed by atoms with Crippen LogP contribution in [0.1, 0.15) is 13.3 Å². The van der Waals surface area contributed by atoms with Crippen LogP contribution in [0.4, 0.5) is 0 Å². The molecule has 17 heavy (non-hydrogen) atoms. The lowest BCUT2D eigenvalue weighted by atomic mass is 10.1. The minimum Gasteiger partial charge on any atom is -0.480 e. The van der Waals surface area contributed by atoms with Gasteiger partial charge in [0.25, 0.3) is 0 Å². The number of carbonyl (C=O) groups is 2. The number of hydrogen-bond acceptors (Lipinski definition) is 5. The van der Waals surface area contributed by atoms with Crippen molar-refractivity contribution in [3.05, 3.63) is 0 Å². The smallest absolute Gasteiger partial charge is 0.320 e. The van der Waals surface area contributed by atoms with Gasteiger partial charge >= 0.3 is 5.97 Å². The maximum Gasteiger partial charge on any atom is 0.320 e. The Morgan fingerprint density at radius 3 is 2.41 bits per heavy atom. The van der Waals surface area contributed by atoms with Crippen molar-refractivity contribution in [2.45, 2.75) is 30.7 Å². The fourth-order valence-corrected chi connectivity index (χ4v) is 1.89. The zero-order valence-corrected chi connectivity index (χ0v) is 12.3. The largest absolute Gasteiger partial charge is 0.480 e. The molecule has 0 bridgehead atoms. The first-order chi connectivity index (χ1) is 7.40. The summed E-state index contributed by atoms with van der Waals surface area (Å²) in [5.41, 5.74) is 5.15. The van der Waals surface area contributed by atoms with Crippen molar-refractivity contribution in [2.75, 3.05) is 12.0 Å². The molecule has 1 amide bonds. The fraction of sp³-hybridized carbons (Fsp3) is 0.778. The molecule has 3 atom stereocenters. The van der Waals surface area contributed by atoms with Crippen molar-refractivity contribution in [2.24, 2.45) is 5.73 Å². The topological polar surface area (TPSA) is 92.4 Å². The number of amides is 1. The zero-order valence-electron chi connectivity index (χ0n) is 9.75. The quantitative estimate of drug-likeness (QED) is 0.486. The number of carboxylic acid groups (broad SMARTS) is 1. The van der Waals surface area contributed by atoms with E-state index in [1.165, 1.54) is 6.92 Å². The number of nitrogens with one attached hydrogen (secondary N) is 1. The van der Waals surface area contributed by atoms with Crippen molar-refractivity contribution in [1.82, 2.24) is 5.32 Å². The summed E-state index contributed by atoms with van der Waals surface area (Å²) in [5.74, 6) is -0.687. The molecule has 3 unspecified atom stereocenters. The van der Waals surface area contributed by atoms with E-state index in [1.807, 2.05) is 6.26 Å². The Morgan fingerprint density at radius 1 is 1.53 bits per heavy atom. The van der Waals surface area contributed by atoms with Gasteiger partial charge in [-0.05, 0) is 25.4 Å². The molecule has 8 heteroatoms. The molecule has 0 saturated carbocycles. The first-order valence-electron chi connectivity index (χ1n) is 4.85. The first kappa shape index (κ1) is 19.2. The molecule has 0 aliphatic rings. The van der Waals surface area contributed by atoms with Crippen LogP contribution in [0.3, 0.4) is 0 Å². The standard InChI is InChI=1S/C9H18N2O3S2.ClH/c1-5(9(13)14)11-6(3-4-16-2)7(15)8(10)12;/h5-7,11,15H,3-4H2,1-2H3,(H2,10,12)(H,13,14);1H. The summed E-state index contributed by atoms with van der Waals surface area (Å²) in [6.45, 7) is 1.52. The minimum absolute atomic E-state index is 0. The Hall–Kier alpha value is -0.110. The van der Waals surface area contributed by atoms with Gasteiger partial charge in [-0.25, -0.2) is 0 Å². The molecule has 0 fully saturated rings. The number of hydrogen-bond donors (Lipinski definition) is 4. The zero-order chi connectivity index (χ0) is 12.7. The summed E-state index contributed by atoms with van der Waals surface area (Å²) in [5, 5.41) is 10.9. The van der Waals surface area contributed by atoms with Crippen LogP contribution < -0.4 is 11.1 Å². The molecule has 0 aliphatic carbocycles. The van der Waals surface area contributed by atoms with E-state index in [9.17, 15) is 9.59 Å². The van der Waals surface area contributed by atoms with Crippen molar-refractivity contribution < 1.29 is 14.7 Å². The van der Waals surface area contributed by atoms with Crippen LogP contribution in [0.15, 0.2) is 0 Å². The molecule has 102 valence electrons. The average molecular weight is 303 g/mol. The molecule has 0 rings (SSSR count). The Morgan fingerprint density at radius 2 is 2.06 bits per heavy atom. The maximum atomic E-state index is 11.0. The summed E-state index contributed by atoms with van der Waals surface area (Å²) < 4.78 is 0. The van der Waals surface area contributed by atoms with Crippen LogP contribution in [-0.2, 0) is 9.59 Å². The summed E-state index contributed by atoms with van der Waals surface area (Å²) in [6.07, 6.45) is 2.59. The van der Waals surface area contributed by atoms with E-state index in [-0.39, 0.29) is 18.4 Å². The van der Waals surface area contributed by atoms with E-state index in [0.29, 0.717) is 6.42 Å². The van der Waals surface area contributed by atoms with Crippen LogP contribution in [-0.4, -0.2) is 46.3 Å². The van der Waals surface area contributed by atoms with Gasteiger partial charge in [0.05, 0.1) is 5.25 Å². The number of carboxylic acids is 1. The van der Waals surface area contributed by atoms with Crippen LogP contribution in [0.5, 0.6) is 0 Å². The van der Waals surface area contributed by atoms with Crippen LogP contribution in [0, 0.1) is 0 Å². The molecule has 0 aromatic heterocycles. The number of carbonyl (C=O) groups excluding carboxylic acids is 1. The Kier molecular flexibility index (Phi) is 11.2. The second kappa shape index (κ2) is 9.87. The van der Waals surface area contributed by atoms with Gasteiger partial charge in [0.2, 0.25) is 5.91 Å². The minimum atomic E-state index is -0.959. The molecule has 0 saturated heterocycles. The lowest BCUT2D eigenvalue weighted by Crippen LogP contribution is -2.50. The molecule has 5 nitrogen and oxygen atoms in total. The molecule has 0 aromatic rings. The van der Waals surface area contributed by atoms with Crippen molar-refractivity contribution in [3.63, 3.8) is 0 Å². The predicted octanol–water partition coefficient (Wildman–Crippen LogP) is 0.376. The van der Waals surface area contributed by atoms with Gasteiger partial charge in [-0.1, -0.05) is 0 Å². The summed E-state index contributed by atoms with van der Waals surface area (Å²) in [6, 6.07) is -1.04. The van der Waals surface area contributed by atoms with Crippen LogP contribution in [0.25, 0.3) is 0 Å². The number of aliphatic carboxylic acids is 1. The fourth-order valence-electron chi connectivity index (χ4n) is 1.17. The predicted molar refractivity (Wildman–Crippen MR) is 76.2 cm³/mol. The number of primary amides is 1. The van der Waals surface area contributed by atoms with Crippen molar-refractivity contribution in [3.8, 4) is 0 Å². The van der Waals surface area contributed by atoms with Crippen molar-refractivity contribution >= 4 is 48.7 Å². The van der Waals surface area contributed by atoms with Crippen molar-refractivity contribution in [1.29, 1.82) is 0 Å². The molecule has 0 spiro atoms. The first-order valence-corrected chi connectivity index (χ1v) is 6.76. The second-order valence-electron chi connectivity index (χ2n) is 3.46. The third-order valence-electron chi connectivity index (χ3n) is 2.14. The Bertz CT molecular complexity index is 256. The average Bonchev–Trinajstić information content (AvgIpc) is 2.22. The highest BCUT2D eigenvalue weighted by Gasteiger charge is 2.25. The van der Waals surface area contributed by atoms with Gasteiger partial charge in [-0.15, -0.1) is 12.4 Å². The van der Waals surface area contributed by atoms with Gasteiger partial charge in [0.1, 0.15) is 6.04 Å². The summed E-state index contributed by atoms with van der Waals surface area (Å²) >= 11 is 5.72. The number of thioether (sulfide) groups is 1. The highest BCUT2D eigenvalue weighted by Crippen LogP contribution is 2.10. The van der Waals surface area contributed by atoms with Crippen LogP contribution >= 0.6 is 36.8 Å². The molecular formula is C9H19ClN2O3S2. The number of nitrogens with two attached hydrogens (primary N) is 1. The third-order valence-corrected chi connectivity index (χ3v) is 3.40. The molecule has 0 heterocycles. The molecule has 0 aliphatic heterocycles. The van der Waals surface area contributed by atoms with Gasteiger partial charge in [0.15, 0.2) is 0 Å². The van der Waals surface area contributed by atoms with E-state index in [0.717, 1.165) is 5.75 Å². The molecule has 0 radical (unpaired) electrons. The van der Waals surface area contributed by atoms with E-state index in [4.69, 9.17) is 10.8 Å². The SMILES string of the molecule is CSCCC(NC(C)C(=O)O)C(S)C(N)=O.Cl. The maximum absolute atomic E-state index is 11.0. The van der Waals surface area contributed by atoms with Crippen LogP contribution in [0.2, 0.25) is 0 Å². The lowest BCUT2D eigenvalue weighted by Gasteiger charge is -2.24. The van der Waals surface area contributed by atoms with E-state index < -0.39 is 23.2 Å². The van der Waals surface area contributed by atoms with Gasteiger partial charge in [-0.3, -0.25) is 9.59 Å². The van der Waals surface area contributed by atoms with Gasteiger partial charge < -0.3 is 16.2 Å². The molecule has 0 aromatic carbocycles. The molecular weight excluding hydrogens is 284 g/mol. The summed E-state index contributed by atoms with van der Waals surface area (Å²) in [4.78, 5) is 21.7. The highest BCUT2D eigenvalue weighted by molar-refractivity contribution is 7.98. The monoisotopic (exact) mass is 302 g/mol. The number of thiol groups is 1. The van der Waals surface area contributed by atoms with E-state index >= 15 is 0 Å². The van der Waals surface area contributed by atoms with E-state index in [1.54, 1.807) is 11.8 Å². The van der Waals surface area contributed by atoms with Gasteiger partial charge in [0, 0.05) is 6.04 Å². The molecule has 4 N–H and O–H groups in total. The highest BCUT2D eigenvalue weighted by atomic mass is 35.5. The Balaban J connectivity index is 0. The number of halogens is 1. The third kappa shape index (κ3) is 7.75. The normalized spacial score (nSPS) is 15.5.